The Morgan fingerprint density at radius 3 is 2.92 bits per heavy atom. The molecule has 3 atom stereocenters. The van der Waals surface area contributed by atoms with Crippen molar-refractivity contribution in [2.45, 2.75) is 24.3 Å². The van der Waals surface area contributed by atoms with Crippen molar-refractivity contribution in [3.8, 4) is 5.75 Å². The fourth-order valence-corrected chi connectivity index (χ4v) is 4.86. The summed E-state index contributed by atoms with van der Waals surface area (Å²) in [6, 6.07) is 12.3. The SMILES string of the molecule is COc1ccc(Br)cc1[C@@H]1[C@H](c2ccccn2)N=C2S[C@H](C)CN21. The van der Waals surface area contributed by atoms with E-state index in [1.807, 2.05) is 42.2 Å². The maximum absolute atomic E-state index is 5.65. The van der Waals surface area contributed by atoms with Gasteiger partial charge in [0, 0.05) is 28.0 Å². The highest BCUT2D eigenvalue weighted by molar-refractivity contribution is 9.10. The minimum absolute atomic E-state index is 0.00981. The predicted molar refractivity (Wildman–Crippen MR) is 102 cm³/mol. The first kappa shape index (κ1) is 16.0. The Labute approximate surface area is 154 Å². The number of benzene rings is 1. The first-order chi connectivity index (χ1) is 11.7. The fourth-order valence-electron chi connectivity index (χ4n) is 3.39. The second-order valence-corrected chi connectivity index (χ2v) is 8.34. The summed E-state index contributed by atoms with van der Waals surface area (Å²) in [5, 5.41) is 1.67. The Morgan fingerprint density at radius 1 is 1.29 bits per heavy atom. The largest absolute Gasteiger partial charge is 0.496 e. The summed E-state index contributed by atoms with van der Waals surface area (Å²) in [4.78, 5) is 12.0. The molecule has 1 aromatic heterocycles. The normalized spacial score (nSPS) is 25.5. The number of hydrogen-bond acceptors (Lipinski definition) is 5. The predicted octanol–water partition coefficient (Wildman–Crippen LogP) is 4.44. The van der Waals surface area contributed by atoms with Gasteiger partial charge in [0.25, 0.3) is 0 Å². The Bertz CT molecular complexity index is 783. The van der Waals surface area contributed by atoms with E-state index in [9.17, 15) is 0 Å². The van der Waals surface area contributed by atoms with Crippen molar-refractivity contribution in [1.29, 1.82) is 0 Å². The molecule has 0 saturated carbocycles. The van der Waals surface area contributed by atoms with Gasteiger partial charge in [0.2, 0.25) is 0 Å². The number of rotatable bonds is 3. The van der Waals surface area contributed by atoms with E-state index in [1.54, 1.807) is 7.11 Å². The van der Waals surface area contributed by atoms with Crippen molar-refractivity contribution in [2.24, 2.45) is 4.99 Å². The van der Waals surface area contributed by atoms with Crippen molar-refractivity contribution in [1.82, 2.24) is 9.88 Å². The molecule has 0 amide bonds. The average molecular weight is 404 g/mol. The summed E-state index contributed by atoms with van der Waals surface area (Å²) in [5.74, 6) is 0.894. The molecule has 124 valence electrons. The lowest BCUT2D eigenvalue weighted by atomic mass is 9.95. The number of ether oxygens (including phenoxy) is 1. The smallest absolute Gasteiger partial charge is 0.160 e. The number of thioether (sulfide) groups is 1. The molecule has 24 heavy (non-hydrogen) atoms. The van der Waals surface area contributed by atoms with Gasteiger partial charge < -0.3 is 9.64 Å². The molecule has 2 aromatic rings. The molecule has 6 heteroatoms. The minimum atomic E-state index is -0.00981. The highest BCUT2D eigenvalue weighted by Crippen LogP contribution is 2.49. The summed E-state index contributed by atoms with van der Waals surface area (Å²) in [6.07, 6.45) is 1.84. The zero-order valence-electron chi connectivity index (χ0n) is 13.5. The lowest BCUT2D eigenvalue weighted by molar-refractivity contribution is 0.307. The van der Waals surface area contributed by atoms with Gasteiger partial charge in [-0.3, -0.25) is 9.98 Å². The van der Waals surface area contributed by atoms with Crippen LogP contribution in [0.5, 0.6) is 5.75 Å². The summed E-state index contributed by atoms with van der Waals surface area (Å²) in [7, 11) is 1.72. The summed E-state index contributed by atoms with van der Waals surface area (Å²) >= 11 is 5.45. The molecule has 2 aliphatic heterocycles. The van der Waals surface area contributed by atoms with Gasteiger partial charge in [-0.05, 0) is 30.3 Å². The van der Waals surface area contributed by atoms with Crippen LogP contribution in [-0.2, 0) is 0 Å². The summed E-state index contributed by atoms with van der Waals surface area (Å²) in [6.45, 7) is 3.24. The Balaban J connectivity index is 1.83. The molecule has 1 aromatic carbocycles. The molecule has 0 radical (unpaired) electrons. The molecule has 2 aliphatic rings. The van der Waals surface area contributed by atoms with Crippen molar-refractivity contribution in [3.05, 3.63) is 58.3 Å². The molecule has 0 bridgehead atoms. The van der Waals surface area contributed by atoms with Crippen molar-refractivity contribution in [3.63, 3.8) is 0 Å². The third kappa shape index (κ3) is 2.71. The fraction of sp³-hybridized carbons (Fsp3) is 0.333. The third-order valence-corrected chi connectivity index (χ3v) is 5.99. The van der Waals surface area contributed by atoms with Gasteiger partial charge in [-0.2, -0.15) is 0 Å². The van der Waals surface area contributed by atoms with Gasteiger partial charge in [0.1, 0.15) is 11.8 Å². The van der Waals surface area contributed by atoms with Crippen LogP contribution in [0.25, 0.3) is 0 Å². The van der Waals surface area contributed by atoms with Crippen LogP contribution in [0.2, 0.25) is 0 Å². The molecule has 0 aliphatic carbocycles. The lowest BCUT2D eigenvalue weighted by Crippen LogP contribution is -2.28. The van der Waals surface area contributed by atoms with Gasteiger partial charge in [0.15, 0.2) is 5.17 Å². The number of amidine groups is 1. The van der Waals surface area contributed by atoms with Gasteiger partial charge in [-0.25, -0.2) is 0 Å². The molecular weight excluding hydrogens is 386 g/mol. The van der Waals surface area contributed by atoms with Crippen LogP contribution in [0, 0.1) is 0 Å². The number of nitrogens with zero attached hydrogens (tertiary/aromatic N) is 3. The zero-order chi connectivity index (χ0) is 16.7. The molecule has 1 saturated heterocycles. The average Bonchev–Trinajstić information content (AvgIpc) is 3.11. The number of methoxy groups -OCH3 is 1. The molecule has 0 spiro atoms. The highest BCUT2D eigenvalue weighted by Gasteiger charge is 2.44. The summed E-state index contributed by atoms with van der Waals surface area (Å²) < 4.78 is 6.69. The topological polar surface area (TPSA) is 37.7 Å². The molecule has 1 fully saturated rings. The van der Waals surface area contributed by atoms with Crippen LogP contribution < -0.4 is 4.74 Å². The lowest BCUT2D eigenvalue weighted by Gasteiger charge is -2.28. The van der Waals surface area contributed by atoms with E-state index in [-0.39, 0.29) is 12.1 Å². The number of fused-ring (bicyclic) bond motifs is 1. The molecule has 3 heterocycles. The van der Waals surface area contributed by atoms with Crippen LogP contribution in [0.15, 0.2) is 52.1 Å². The Hall–Kier alpha value is -1.53. The van der Waals surface area contributed by atoms with E-state index < -0.39 is 0 Å². The van der Waals surface area contributed by atoms with Gasteiger partial charge in [-0.1, -0.05) is 40.7 Å². The molecule has 0 unspecified atom stereocenters. The first-order valence-electron chi connectivity index (χ1n) is 7.93. The van der Waals surface area contributed by atoms with E-state index in [1.165, 1.54) is 0 Å². The summed E-state index contributed by atoms with van der Waals surface area (Å²) in [5.41, 5.74) is 2.15. The number of aromatic nitrogens is 1. The maximum atomic E-state index is 5.65. The highest BCUT2D eigenvalue weighted by atomic mass is 79.9. The molecule has 4 rings (SSSR count). The Kier molecular flexibility index (Phi) is 4.26. The monoisotopic (exact) mass is 403 g/mol. The van der Waals surface area contributed by atoms with Crippen molar-refractivity contribution in [2.75, 3.05) is 13.7 Å². The number of aliphatic imine (C=N–C) groups is 1. The molecular formula is C18H18BrN3OS. The van der Waals surface area contributed by atoms with E-state index >= 15 is 0 Å². The zero-order valence-corrected chi connectivity index (χ0v) is 15.9. The minimum Gasteiger partial charge on any atom is -0.496 e. The number of hydrogen-bond donors (Lipinski definition) is 0. The second-order valence-electron chi connectivity index (χ2n) is 6.02. The first-order valence-corrected chi connectivity index (χ1v) is 9.60. The van der Waals surface area contributed by atoms with E-state index in [2.05, 4.69) is 44.9 Å². The van der Waals surface area contributed by atoms with Crippen molar-refractivity contribution >= 4 is 32.9 Å². The van der Waals surface area contributed by atoms with E-state index in [0.717, 1.165) is 33.2 Å². The van der Waals surface area contributed by atoms with E-state index in [4.69, 9.17) is 9.73 Å². The van der Waals surface area contributed by atoms with Crippen LogP contribution in [0.1, 0.15) is 30.3 Å². The van der Waals surface area contributed by atoms with Gasteiger partial charge in [-0.15, -0.1) is 0 Å². The van der Waals surface area contributed by atoms with Gasteiger partial charge in [0.05, 0.1) is 18.8 Å². The van der Waals surface area contributed by atoms with Crippen molar-refractivity contribution < 1.29 is 4.74 Å². The van der Waals surface area contributed by atoms with Crippen LogP contribution in [-0.4, -0.2) is 34.0 Å². The second kappa shape index (κ2) is 6.41. The quantitative estimate of drug-likeness (QED) is 0.758. The third-order valence-electron chi connectivity index (χ3n) is 4.39. The molecule has 0 N–H and O–H groups in total. The number of halogens is 1. The molecule has 4 nitrogen and oxygen atoms in total. The van der Waals surface area contributed by atoms with Crippen LogP contribution >= 0.6 is 27.7 Å². The Morgan fingerprint density at radius 2 is 2.17 bits per heavy atom. The van der Waals surface area contributed by atoms with Crippen LogP contribution in [0.4, 0.5) is 0 Å². The standard InChI is InChI=1S/C18H18BrN3OS/c1-11-10-22-17(13-9-12(19)6-7-15(13)23-2)16(21-18(22)24-11)14-5-3-4-8-20-14/h3-9,11,16-17H,10H2,1-2H3/t11-,16+,17-/m1/s1. The van der Waals surface area contributed by atoms with Crippen LogP contribution in [0.3, 0.4) is 0 Å². The number of pyridine rings is 1. The van der Waals surface area contributed by atoms with Gasteiger partial charge >= 0.3 is 0 Å². The maximum Gasteiger partial charge on any atom is 0.160 e. The van der Waals surface area contributed by atoms with E-state index in [0.29, 0.717) is 5.25 Å².